The number of hydrogen-bond acceptors (Lipinski definition) is 3. The number of nitriles is 1. The minimum atomic E-state index is -0.524. The Hall–Kier alpha value is -1.44. The van der Waals surface area contributed by atoms with E-state index in [0.717, 1.165) is 6.42 Å². The molecule has 4 heteroatoms. The van der Waals surface area contributed by atoms with Gasteiger partial charge in [-0.15, -0.1) is 0 Å². The average Bonchev–Trinajstić information content (AvgIpc) is 2.52. The van der Waals surface area contributed by atoms with Crippen LogP contribution in [-0.2, 0) is 9.47 Å². The summed E-state index contributed by atoms with van der Waals surface area (Å²) in [5, 5.41) is 8.72. The number of unbranched alkanes of at least 4 members (excludes halogenated alkanes) is 3. The van der Waals surface area contributed by atoms with Crippen LogP contribution in [0, 0.1) is 23.1 Å². The summed E-state index contributed by atoms with van der Waals surface area (Å²) in [4.78, 5) is 0. The Balaban J connectivity index is 1.81. The average molecular weight is 291 g/mol. The van der Waals surface area contributed by atoms with Crippen molar-refractivity contribution in [3.63, 3.8) is 0 Å². The molecule has 0 spiro atoms. The number of ether oxygens (including phenoxy) is 2. The summed E-state index contributed by atoms with van der Waals surface area (Å²) in [5.74, 6) is -0.0924. The summed E-state index contributed by atoms with van der Waals surface area (Å²) in [6, 6.07) is 6.29. The molecule has 1 saturated heterocycles. The van der Waals surface area contributed by atoms with Crippen LogP contribution in [0.3, 0.4) is 0 Å². The second-order valence-corrected chi connectivity index (χ2v) is 5.57. The van der Waals surface area contributed by atoms with Crippen LogP contribution in [0.2, 0.25) is 0 Å². The fourth-order valence-electron chi connectivity index (χ4n) is 2.53. The smallest absolute Gasteiger partial charge is 0.183 e. The van der Waals surface area contributed by atoms with Gasteiger partial charge in [0.05, 0.1) is 18.8 Å². The van der Waals surface area contributed by atoms with Gasteiger partial charge in [0, 0.05) is 11.5 Å². The van der Waals surface area contributed by atoms with E-state index in [1.54, 1.807) is 6.07 Å². The SMILES string of the molecule is CCCCCCC1COC(c2ccc(C#N)c(F)c2)OC1. The Morgan fingerprint density at radius 2 is 2.00 bits per heavy atom. The Morgan fingerprint density at radius 1 is 1.24 bits per heavy atom. The van der Waals surface area contributed by atoms with E-state index in [4.69, 9.17) is 14.7 Å². The van der Waals surface area contributed by atoms with Gasteiger partial charge < -0.3 is 9.47 Å². The van der Waals surface area contributed by atoms with Crippen molar-refractivity contribution in [1.82, 2.24) is 0 Å². The van der Waals surface area contributed by atoms with Gasteiger partial charge in [-0.1, -0.05) is 38.7 Å². The first-order valence-corrected chi connectivity index (χ1v) is 7.67. The quantitative estimate of drug-likeness (QED) is 0.733. The van der Waals surface area contributed by atoms with E-state index < -0.39 is 12.1 Å². The molecule has 1 aliphatic heterocycles. The van der Waals surface area contributed by atoms with Gasteiger partial charge >= 0.3 is 0 Å². The van der Waals surface area contributed by atoms with Gasteiger partial charge in [0.1, 0.15) is 11.9 Å². The lowest BCUT2D eigenvalue weighted by atomic mass is 10.0. The highest BCUT2D eigenvalue weighted by Gasteiger charge is 2.23. The van der Waals surface area contributed by atoms with Crippen LogP contribution in [-0.4, -0.2) is 13.2 Å². The standard InChI is InChI=1S/C17H22FNO2/c1-2-3-4-5-6-13-11-20-17(21-12-13)14-7-8-15(10-19)16(18)9-14/h7-9,13,17H,2-6,11-12H2,1H3. The normalized spacial score (nSPS) is 22.0. The van der Waals surface area contributed by atoms with Gasteiger partial charge in [0.25, 0.3) is 0 Å². The molecule has 0 radical (unpaired) electrons. The molecule has 0 unspecified atom stereocenters. The first-order valence-electron chi connectivity index (χ1n) is 7.67. The van der Waals surface area contributed by atoms with E-state index in [0.29, 0.717) is 24.7 Å². The van der Waals surface area contributed by atoms with Crippen molar-refractivity contribution < 1.29 is 13.9 Å². The molecule has 0 atom stereocenters. The van der Waals surface area contributed by atoms with Crippen LogP contribution in [0.4, 0.5) is 4.39 Å². The molecular weight excluding hydrogens is 269 g/mol. The third-order valence-electron chi connectivity index (χ3n) is 3.82. The van der Waals surface area contributed by atoms with Crippen LogP contribution in [0.15, 0.2) is 18.2 Å². The first-order chi connectivity index (χ1) is 10.2. The molecule has 0 amide bonds. The van der Waals surface area contributed by atoms with E-state index >= 15 is 0 Å². The maximum absolute atomic E-state index is 13.6. The van der Waals surface area contributed by atoms with Crippen LogP contribution < -0.4 is 0 Å². The molecule has 3 nitrogen and oxygen atoms in total. The lowest BCUT2D eigenvalue weighted by Gasteiger charge is -2.29. The van der Waals surface area contributed by atoms with Crippen molar-refractivity contribution in [3.8, 4) is 6.07 Å². The predicted octanol–water partition coefficient (Wildman–Crippen LogP) is 4.33. The van der Waals surface area contributed by atoms with Crippen molar-refractivity contribution in [1.29, 1.82) is 5.26 Å². The van der Waals surface area contributed by atoms with Gasteiger partial charge in [0.15, 0.2) is 6.29 Å². The van der Waals surface area contributed by atoms with Gasteiger partial charge in [0.2, 0.25) is 0 Å². The molecule has 1 aromatic rings. The summed E-state index contributed by atoms with van der Waals surface area (Å²) < 4.78 is 25.0. The Kier molecular flexibility index (Phi) is 6.16. The van der Waals surface area contributed by atoms with E-state index in [2.05, 4.69) is 6.92 Å². The van der Waals surface area contributed by atoms with E-state index in [-0.39, 0.29) is 5.56 Å². The third-order valence-corrected chi connectivity index (χ3v) is 3.82. The van der Waals surface area contributed by atoms with Crippen molar-refractivity contribution >= 4 is 0 Å². The number of hydrogen-bond donors (Lipinski definition) is 0. The molecule has 1 aliphatic rings. The molecule has 1 fully saturated rings. The summed E-state index contributed by atoms with van der Waals surface area (Å²) >= 11 is 0. The van der Waals surface area contributed by atoms with Crippen molar-refractivity contribution in [2.45, 2.75) is 45.3 Å². The molecule has 2 rings (SSSR count). The first kappa shape index (κ1) is 15.9. The highest BCUT2D eigenvalue weighted by Crippen LogP contribution is 2.28. The fourth-order valence-corrected chi connectivity index (χ4v) is 2.53. The number of halogens is 1. The van der Waals surface area contributed by atoms with Crippen molar-refractivity contribution in [2.75, 3.05) is 13.2 Å². The fraction of sp³-hybridized carbons (Fsp3) is 0.588. The molecule has 0 bridgehead atoms. The lowest BCUT2D eigenvalue weighted by molar-refractivity contribution is -0.206. The monoisotopic (exact) mass is 291 g/mol. The molecular formula is C17H22FNO2. The van der Waals surface area contributed by atoms with E-state index in [1.165, 1.54) is 37.8 Å². The molecule has 21 heavy (non-hydrogen) atoms. The Morgan fingerprint density at radius 3 is 2.62 bits per heavy atom. The highest BCUT2D eigenvalue weighted by molar-refractivity contribution is 5.33. The second kappa shape index (κ2) is 8.11. The van der Waals surface area contributed by atoms with E-state index in [9.17, 15) is 4.39 Å². The summed E-state index contributed by atoms with van der Waals surface area (Å²) in [5.41, 5.74) is 0.680. The van der Waals surface area contributed by atoms with Gasteiger partial charge in [-0.25, -0.2) is 4.39 Å². The topological polar surface area (TPSA) is 42.2 Å². The van der Waals surface area contributed by atoms with E-state index in [1.807, 2.05) is 6.07 Å². The van der Waals surface area contributed by atoms with Crippen LogP contribution >= 0.6 is 0 Å². The minimum Gasteiger partial charge on any atom is -0.348 e. The largest absolute Gasteiger partial charge is 0.348 e. The van der Waals surface area contributed by atoms with Gasteiger partial charge in [-0.05, 0) is 18.6 Å². The summed E-state index contributed by atoms with van der Waals surface area (Å²) in [7, 11) is 0. The molecule has 1 aromatic carbocycles. The summed E-state index contributed by atoms with van der Waals surface area (Å²) in [6.07, 6.45) is 5.60. The molecule has 0 aliphatic carbocycles. The number of benzene rings is 1. The van der Waals surface area contributed by atoms with Crippen LogP contribution in [0.5, 0.6) is 0 Å². The van der Waals surface area contributed by atoms with Gasteiger partial charge in [-0.3, -0.25) is 0 Å². The molecule has 0 saturated carbocycles. The molecule has 1 heterocycles. The Labute approximate surface area is 125 Å². The van der Waals surface area contributed by atoms with Gasteiger partial charge in [-0.2, -0.15) is 5.26 Å². The van der Waals surface area contributed by atoms with Crippen LogP contribution in [0.1, 0.15) is 56.4 Å². The molecule has 0 N–H and O–H groups in total. The number of rotatable bonds is 6. The highest BCUT2D eigenvalue weighted by atomic mass is 19.1. The zero-order valence-electron chi connectivity index (χ0n) is 12.5. The zero-order chi connectivity index (χ0) is 15.1. The van der Waals surface area contributed by atoms with Crippen LogP contribution in [0.25, 0.3) is 0 Å². The number of nitrogens with zero attached hydrogens (tertiary/aromatic N) is 1. The molecule has 114 valence electrons. The lowest BCUT2D eigenvalue weighted by Crippen LogP contribution is -2.27. The Bertz CT molecular complexity index is 490. The zero-order valence-corrected chi connectivity index (χ0v) is 12.5. The minimum absolute atomic E-state index is 0.0448. The third kappa shape index (κ3) is 4.52. The second-order valence-electron chi connectivity index (χ2n) is 5.57. The summed E-state index contributed by atoms with van der Waals surface area (Å²) in [6.45, 7) is 3.50. The van der Waals surface area contributed by atoms with Crippen molar-refractivity contribution in [2.24, 2.45) is 5.92 Å². The van der Waals surface area contributed by atoms with Crippen molar-refractivity contribution in [3.05, 3.63) is 35.1 Å². The maximum Gasteiger partial charge on any atom is 0.183 e. The predicted molar refractivity (Wildman–Crippen MR) is 78.0 cm³/mol. The molecule has 0 aromatic heterocycles. The maximum atomic E-state index is 13.6.